The minimum atomic E-state index is -1.04. The number of carbonyl (C=O) groups excluding carboxylic acids is 2. The topological polar surface area (TPSA) is 92.7 Å². The lowest BCUT2D eigenvalue weighted by atomic mass is 10.0. The Morgan fingerprint density at radius 3 is 1.47 bits per heavy atom. The fourth-order valence-electron chi connectivity index (χ4n) is 5.78. The van der Waals surface area contributed by atoms with E-state index >= 15 is 0 Å². The molecule has 0 aliphatic heterocycles. The van der Waals surface area contributed by atoms with E-state index in [0.29, 0.717) is 19.3 Å². The molecule has 2 N–H and O–H groups in total. The lowest BCUT2D eigenvalue weighted by molar-refractivity contribution is -0.147. The molecule has 0 spiro atoms. The molecule has 0 aromatic carbocycles. The van der Waals surface area contributed by atoms with Crippen molar-refractivity contribution in [2.75, 3.05) is 6.54 Å². The molecule has 0 aromatic rings. The molecule has 1 unspecified atom stereocenters. The first-order chi connectivity index (χ1) is 24.0. The van der Waals surface area contributed by atoms with Gasteiger partial charge in [-0.1, -0.05) is 172 Å². The summed E-state index contributed by atoms with van der Waals surface area (Å²) < 4.78 is 5.86. The highest BCUT2D eigenvalue weighted by Gasteiger charge is 2.12. The Balaban J connectivity index is 4.17. The Morgan fingerprint density at radius 2 is 0.980 bits per heavy atom. The van der Waals surface area contributed by atoms with Crippen molar-refractivity contribution in [3.05, 3.63) is 48.6 Å². The molecule has 1 atom stereocenters. The van der Waals surface area contributed by atoms with Crippen molar-refractivity contribution < 1.29 is 24.2 Å². The van der Waals surface area contributed by atoms with Crippen LogP contribution in [0.2, 0.25) is 0 Å². The minimum Gasteiger partial charge on any atom is -0.480 e. The summed E-state index contributed by atoms with van der Waals surface area (Å²) in [5, 5.41) is 11.1. The number of allylic oxidation sites excluding steroid dienone is 7. The summed E-state index contributed by atoms with van der Waals surface area (Å²) >= 11 is 0. The Bertz CT molecular complexity index is 891. The number of ether oxygens (including phenoxy) is 1. The molecule has 282 valence electrons. The van der Waals surface area contributed by atoms with Gasteiger partial charge in [-0.3, -0.25) is 14.4 Å². The number of carboxylic acids is 1. The van der Waals surface area contributed by atoms with Gasteiger partial charge in [-0.2, -0.15) is 0 Å². The SMILES string of the molecule is CC/C=C\C/C=C\C/C=C\C/C=C\C(CCCCCC(=O)NCC(=O)O)OC(=O)CCCCCCCCCCCCCCCCCCCC. The number of aliphatic carboxylic acids is 1. The summed E-state index contributed by atoms with van der Waals surface area (Å²) in [4.78, 5) is 35.0. The normalized spacial score (nSPS) is 12.5. The van der Waals surface area contributed by atoms with Crippen LogP contribution < -0.4 is 5.32 Å². The third kappa shape index (κ3) is 38.0. The number of unbranched alkanes of at least 4 members (excludes halogenated alkanes) is 19. The van der Waals surface area contributed by atoms with Crippen LogP contribution in [0.1, 0.15) is 194 Å². The number of rotatable bonds is 36. The quantitative estimate of drug-likeness (QED) is 0.0389. The number of hydrogen-bond acceptors (Lipinski definition) is 4. The molecular formula is C43H75NO5. The summed E-state index contributed by atoms with van der Waals surface area (Å²) in [6.45, 7) is 4.07. The number of carboxylic acid groups (broad SMARTS) is 1. The first-order valence-corrected chi connectivity index (χ1v) is 20.3. The van der Waals surface area contributed by atoms with Crippen molar-refractivity contribution in [1.82, 2.24) is 5.32 Å². The van der Waals surface area contributed by atoms with Gasteiger partial charge in [-0.15, -0.1) is 0 Å². The lowest BCUT2D eigenvalue weighted by Crippen LogP contribution is -2.28. The Hall–Kier alpha value is -2.63. The number of hydrogen-bond donors (Lipinski definition) is 2. The maximum Gasteiger partial charge on any atom is 0.322 e. The first-order valence-electron chi connectivity index (χ1n) is 20.3. The van der Waals surface area contributed by atoms with Crippen LogP contribution in [0.25, 0.3) is 0 Å². The van der Waals surface area contributed by atoms with Crippen molar-refractivity contribution in [3.63, 3.8) is 0 Å². The summed E-state index contributed by atoms with van der Waals surface area (Å²) in [6.07, 6.45) is 48.2. The summed E-state index contributed by atoms with van der Waals surface area (Å²) in [6, 6.07) is 0. The van der Waals surface area contributed by atoms with Crippen LogP contribution in [0.15, 0.2) is 48.6 Å². The predicted octanol–water partition coefficient (Wildman–Crippen LogP) is 12.3. The molecular weight excluding hydrogens is 610 g/mol. The highest BCUT2D eigenvalue weighted by molar-refractivity contribution is 5.80. The molecule has 1 amide bonds. The average molecular weight is 686 g/mol. The van der Waals surface area contributed by atoms with E-state index in [2.05, 4.69) is 61.7 Å². The Morgan fingerprint density at radius 1 is 0.551 bits per heavy atom. The van der Waals surface area contributed by atoms with Crippen LogP contribution in [0.5, 0.6) is 0 Å². The molecule has 0 aliphatic carbocycles. The molecule has 0 radical (unpaired) electrons. The molecule has 0 aliphatic rings. The van der Waals surface area contributed by atoms with E-state index in [9.17, 15) is 14.4 Å². The van der Waals surface area contributed by atoms with Gasteiger partial charge in [0.1, 0.15) is 12.6 Å². The molecule has 0 heterocycles. The molecule has 0 bridgehead atoms. The van der Waals surface area contributed by atoms with Crippen LogP contribution >= 0.6 is 0 Å². The summed E-state index contributed by atoms with van der Waals surface area (Å²) in [7, 11) is 0. The van der Waals surface area contributed by atoms with Crippen LogP contribution in [-0.2, 0) is 19.1 Å². The van der Waals surface area contributed by atoms with Crippen LogP contribution in [0, 0.1) is 0 Å². The fraction of sp³-hybridized carbons (Fsp3) is 0.744. The predicted molar refractivity (Wildman–Crippen MR) is 208 cm³/mol. The fourth-order valence-corrected chi connectivity index (χ4v) is 5.78. The molecule has 0 rings (SSSR count). The number of carbonyl (C=O) groups is 3. The van der Waals surface area contributed by atoms with E-state index in [1.807, 2.05) is 6.08 Å². The van der Waals surface area contributed by atoms with Crippen molar-refractivity contribution in [2.45, 2.75) is 200 Å². The summed E-state index contributed by atoms with van der Waals surface area (Å²) in [5.74, 6) is -1.41. The van der Waals surface area contributed by atoms with E-state index in [0.717, 1.165) is 57.8 Å². The zero-order valence-electron chi connectivity index (χ0n) is 31.8. The third-order valence-corrected chi connectivity index (χ3v) is 8.75. The zero-order chi connectivity index (χ0) is 35.9. The second kappa shape index (κ2) is 38.2. The second-order valence-corrected chi connectivity index (χ2v) is 13.5. The van der Waals surface area contributed by atoms with Gasteiger partial charge in [0.05, 0.1) is 0 Å². The first kappa shape index (κ1) is 46.4. The van der Waals surface area contributed by atoms with Crippen LogP contribution in [-0.4, -0.2) is 35.6 Å². The highest BCUT2D eigenvalue weighted by atomic mass is 16.5. The van der Waals surface area contributed by atoms with E-state index < -0.39 is 5.97 Å². The highest BCUT2D eigenvalue weighted by Crippen LogP contribution is 2.16. The van der Waals surface area contributed by atoms with Gasteiger partial charge in [-0.25, -0.2) is 0 Å². The van der Waals surface area contributed by atoms with E-state index in [-0.39, 0.29) is 24.5 Å². The average Bonchev–Trinajstić information content (AvgIpc) is 3.08. The monoisotopic (exact) mass is 686 g/mol. The van der Waals surface area contributed by atoms with Crippen molar-refractivity contribution in [1.29, 1.82) is 0 Å². The van der Waals surface area contributed by atoms with Crippen LogP contribution in [0.3, 0.4) is 0 Å². The lowest BCUT2D eigenvalue weighted by Gasteiger charge is -2.14. The van der Waals surface area contributed by atoms with Crippen molar-refractivity contribution in [3.8, 4) is 0 Å². The number of nitrogens with one attached hydrogen (secondary N) is 1. The largest absolute Gasteiger partial charge is 0.480 e. The van der Waals surface area contributed by atoms with Gasteiger partial charge >= 0.3 is 11.9 Å². The molecule has 0 saturated carbocycles. The minimum absolute atomic E-state index is 0.128. The van der Waals surface area contributed by atoms with E-state index in [4.69, 9.17) is 9.84 Å². The smallest absolute Gasteiger partial charge is 0.322 e. The molecule has 0 aromatic heterocycles. The Kier molecular flexibility index (Phi) is 36.1. The second-order valence-electron chi connectivity index (χ2n) is 13.5. The van der Waals surface area contributed by atoms with Gasteiger partial charge in [0.2, 0.25) is 5.91 Å². The van der Waals surface area contributed by atoms with Crippen LogP contribution in [0.4, 0.5) is 0 Å². The zero-order valence-corrected chi connectivity index (χ0v) is 31.8. The van der Waals surface area contributed by atoms with Crippen molar-refractivity contribution in [2.24, 2.45) is 0 Å². The molecule has 6 nitrogen and oxygen atoms in total. The molecule has 49 heavy (non-hydrogen) atoms. The van der Waals surface area contributed by atoms with E-state index in [1.54, 1.807) is 0 Å². The van der Waals surface area contributed by atoms with E-state index in [1.165, 1.54) is 103 Å². The van der Waals surface area contributed by atoms with Gasteiger partial charge in [-0.05, 0) is 57.4 Å². The number of amides is 1. The maximum absolute atomic E-state index is 12.6. The maximum atomic E-state index is 12.6. The van der Waals surface area contributed by atoms with Gasteiger partial charge in [0.15, 0.2) is 0 Å². The molecule has 0 saturated heterocycles. The number of esters is 1. The molecule has 6 heteroatoms. The third-order valence-electron chi connectivity index (χ3n) is 8.75. The Labute approximate surface area is 301 Å². The van der Waals surface area contributed by atoms with Crippen molar-refractivity contribution >= 4 is 17.8 Å². The summed E-state index contributed by atoms with van der Waals surface area (Å²) in [5.41, 5.74) is 0. The molecule has 0 fully saturated rings. The standard InChI is InChI=1S/C43H75NO5/c1-3-5-7-9-11-13-15-16-17-18-19-20-21-23-25-27-29-34-38-43(48)49-40(36-32-30-33-37-41(45)44-39-42(46)47)35-31-28-26-24-22-14-12-10-8-6-4-2/h6,8,12,14,24,26,31,35,40H,3-5,7,9-11,13,15-23,25,27-30,32-34,36-39H2,1-2H3,(H,44,45)(H,46,47)/b8-6-,14-12-,26-24-,35-31-. The van der Waals surface area contributed by atoms with Gasteiger partial charge < -0.3 is 15.2 Å². The van der Waals surface area contributed by atoms with Gasteiger partial charge in [0.25, 0.3) is 0 Å². The van der Waals surface area contributed by atoms with Gasteiger partial charge in [0, 0.05) is 12.8 Å².